The van der Waals surface area contributed by atoms with Crippen LogP contribution in [0.3, 0.4) is 0 Å². The lowest BCUT2D eigenvalue weighted by Crippen LogP contribution is -2.34. The van der Waals surface area contributed by atoms with E-state index in [1.807, 2.05) is 45.0 Å². The number of rotatable bonds is 0. The molecule has 0 bridgehead atoms. The van der Waals surface area contributed by atoms with Gasteiger partial charge in [-0.15, -0.1) is 0 Å². The average molecular weight is 270 g/mol. The molecule has 0 saturated carbocycles. The maximum absolute atomic E-state index is 12.1. The van der Waals surface area contributed by atoms with Gasteiger partial charge >= 0.3 is 6.09 Å². The van der Waals surface area contributed by atoms with Crippen LogP contribution in [0.2, 0.25) is 0 Å². The number of aromatic nitrogens is 1. The number of carbonyl (C=O) groups excluding carboxylic acids is 1. The highest BCUT2D eigenvalue weighted by atomic mass is 16.6. The van der Waals surface area contributed by atoms with Crippen molar-refractivity contribution in [1.82, 2.24) is 9.88 Å². The number of aromatic amines is 1. The largest absolute Gasteiger partial charge is 0.443 e. The summed E-state index contributed by atoms with van der Waals surface area (Å²) in [5.41, 5.74) is 2.80. The Balaban J connectivity index is 1.88. The first-order chi connectivity index (χ1) is 9.44. The van der Waals surface area contributed by atoms with E-state index in [1.54, 1.807) is 11.1 Å². The quantitative estimate of drug-likeness (QED) is 0.789. The first kappa shape index (κ1) is 12.8. The van der Waals surface area contributed by atoms with Gasteiger partial charge in [0, 0.05) is 28.4 Å². The first-order valence-corrected chi connectivity index (χ1v) is 6.71. The zero-order chi connectivity index (χ0) is 14.3. The van der Waals surface area contributed by atoms with Crippen LogP contribution in [0.5, 0.6) is 0 Å². The summed E-state index contributed by atoms with van der Waals surface area (Å²) in [6, 6.07) is 8.14. The van der Waals surface area contributed by atoms with E-state index in [2.05, 4.69) is 11.1 Å². The molecule has 0 fully saturated rings. The summed E-state index contributed by atoms with van der Waals surface area (Å²) in [5.74, 6) is 0. The summed E-state index contributed by atoms with van der Waals surface area (Å²) in [6.45, 7) is 6.11. The van der Waals surface area contributed by atoms with Gasteiger partial charge in [0.05, 0.1) is 6.54 Å². The van der Waals surface area contributed by atoms with Crippen LogP contribution in [0.4, 0.5) is 4.79 Å². The van der Waals surface area contributed by atoms with Crippen LogP contribution < -0.4 is 0 Å². The third-order valence-electron chi connectivity index (χ3n) is 3.21. The first-order valence-electron chi connectivity index (χ1n) is 6.71. The van der Waals surface area contributed by atoms with Gasteiger partial charge in [-0.05, 0) is 32.9 Å². The number of hydrogen-bond donors (Lipinski definition) is 1. The van der Waals surface area contributed by atoms with E-state index in [-0.39, 0.29) is 6.09 Å². The van der Waals surface area contributed by atoms with Gasteiger partial charge in [0.2, 0.25) is 0 Å². The van der Waals surface area contributed by atoms with Crippen LogP contribution in [0.1, 0.15) is 32.0 Å². The molecule has 1 aliphatic heterocycles. The summed E-state index contributed by atoms with van der Waals surface area (Å²) in [4.78, 5) is 17.0. The number of ether oxygens (including phenoxy) is 1. The molecule has 0 radical (unpaired) electrons. The molecule has 2 aromatic rings. The van der Waals surface area contributed by atoms with Crippen LogP contribution in [0, 0.1) is 0 Å². The van der Waals surface area contributed by atoms with Gasteiger partial charge in [0.15, 0.2) is 0 Å². The minimum atomic E-state index is -0.481. The Hall–Kier alpha value is -2.23. The van der Waals surface area contributed by atoms with Crippen LogP contribution in [-0.4, -0.2) is 21.6 Å². The predicted octanol–water partition coefficient (Wildman–Crippen LogP) is 3.89. The Kier molecular flexibility index (Phi) is 2.82. The van der Waals surface area contributed by atoms with Gasteiger partial charge in [0.25, 0.3) is 0 Å². The summed E-state index contributed by atoms with van der Waals surface area (Å²) >= 11 is 0. The molecule has 104 valence electrons. The molecular formula is C16H18N2O2. The topological polar surface area (TPSA) is 45.3 Å². The van der Waals surface area contributed by atoms with Gasteiger partial charge in [-0.2, -0.15) is 0 Å². The summed E-state index contributed by atoms with van der Waals surface area (Å²) in [5, 5.41) is 1.18. The van der Waals surface area contributed by atoms with Crippen LogP contribution >= 0.6 is 0 Å². The van der Waals surface area contributed by atoms with Crippen molar-refractivity contribution in [1.29, 1.82) is 0 Å². The number of H-pyrrole nitrogens is 1. The number of nitrogens with one attached hydrogen (secondary N) is 1. The SMILES string of the molecule is CC(C)(C)OC(=O)N1C=Cc2c([nH]c3ccccc23)C1. The van der Waals surface area contributed by atoms with Gasteiger partial charge < -0.3 is 9.72 Å². The molecule has 1 aromatic heterocycles. The lowest BCUT2D eigenvalue weighted by atomic mass is 10.1. The van der Waals surface area contributed by atoms with Gasteiger partial charge in [-0.25, -0.2) is 4.79 Å². The molecule has 1 aromatic carbocycles. The zero-order valence-electron chi connectivity index (χ0n) is 11.9. The molecular weight excluding hydrogens is 252 g/mol. The fourth-order valence-corrected chi connectivity index (χ4v) is 2.37. The maximum atomic E-state index is 12.1. The Labute approximate surface area is 118 Å². The van der Waals surface area contributed by atoms with E-state index >= 15 is 0 Å². The summed E-state index contributed by atoms with van der Waals surface area (Å²) in [7, 11) is 0. The molecule has 0 aliphatic carbocycles. The molecule has 1 amide bonds. The van der Waals surface area contributed by atoms with Crippen LogP contribution in [-0.2, 0) is 11.3 Å². The van der Waals surface area contributed by atoms with Crippen molar-refractivity contribution in [2.45, 2.75) is 32.9 Å². The number of nitrogens with zero attached hydrogens (tertiary/aromatic N) is 1. The zero-order valence-corrected chi connectivity index (χ0v) is 11.9. The molecule has 0 unspecified atom stereocenters. The fourth-order valence-electron chi connectivity index (χ4n) is 2.37. The lowest BCUT2D eigenvalue weighted by molar-refractivity contribution is 0.0321. The third-order valence-corrected chi connectivity index (χ3v) is 3.21. The Morgan fingerprint density at radius 2 is 2.05 bits per heavy atom. The second-order valence-corrected chi connectivity index (χ2v) is 5.99. The minimum Gasteiger partial charge on any atom is -0.443 e. The molecule has 4 heteroatoms. The van der Waals surface area contributed by atoms with Gasteiger partial charge in [-0.3, -0.25) is 4.90 Å². The minimum absolute atomic E-state index is 0.321. The standard InChI is InChI=1S/C16H18N2O2/c1-16(2,3)20-15(19)18-9-8-12-11-6-4-5-7-13(11)17-14(12)10-18/h4-9,17H,10H2,1-3H3. The third kappa shape index (κ3) is 2.29. The fraction of sp³-hybridized carbons (Fsp3) is 0.312. The molecule has 0 spiro atoms. The maximum Gasteiger partial charge on any atom is 0.414 e. The number of benzene rings is 1. The monoisotopic (exact) mass is 270 g/mol. The highest BCUT2D eigenvalue weighted by Gasteiger charge is 2.24. The molecule has 1 N–H and O–H groups in total. The average Bonchev–Trinajstić information content (AvgIpc) is 2.74. The van der Waals surface area contributed by atoms with E-state index in [0.717, 1.165) is 16.8 Å². The molecule has 2 heterocycles. The van der Waals surface area contributed by atoms with Crippen molar-refractivity contribution in [3.8, 4) is 0 Å². The van der Waals surface area contributed by atoms with Gasteiger partial charge in [-0.1, -0.05) is 18.2 Å². The van der Waals surface area contributed by atoms with E-state index in [9.17, 15) is 4.79 Å². The molecule has 0 atom stereocenters. The summed E-state index contributed by atoms with van der Waals surface area (Å²) < 4.78 is 5.39. The van der Waals surface area contributed by atoms with Crippen molar-refractivity contribution in [3.63, 3.8) is 0 Å². The normalized spacial score (nSPS) is 14.4. The highest BCUT2D eigenvalue weighted by Crippen LogP contribution is 2.28. The number of para-hydroxylation sites is 1. The molecule has 4 nitrogen and oxygen atoms in total. The van der Waals surface area contributed by atoms with E-state index in [1.165, 1.54) is 5.39 Å². The van der Waals surface area contributed by atoms with Crippen molar-refractivity contribution >= 4 is 23.1 Å². The number of amides is 1. The Morgan fingerprint density at radius 1 is 1.30 bits per heavy atom. The van der Waals surface area contributed by atoms with Crippen molar-refractivity contribution in [2.75, 3.05) is 0 Å². The number of carbonyl (C=O) groups is 1. The number of fused-ring (bicyclic) bond motifs is 3. The second kappa shape index (κ2) is 4.40. The van der Waals surface area contributed by atoms with Crippen molar-refractivity contribution in [2.24, 2.45) is 0 Å². The molecule has 1 aliphatic rings. The van der Waals surface area contributed by atoms with E-state index < -0.39 is 5.60 Å². The molecule has 0 saturated heterocycles. The highest BCUT2D eigenvalue weighted by molar-refractivity contribution is 5.91. The number of hydrogen-bond acceptors (Lipinski definition) is 2. The van der Waals surface area contributed by atoms with Gasteiger partial charge in [0.1, 0.15) is 5.60 Å². The molecule has 20 heavy (non-hydrogen) atoms. The Bertz CT molecular complexity index is 692. The smallest absolute Gasteiger partial charge is 0.414 e. The van der Waals surface area contributed by atoms with Crippen molar-refractivity contribution < 1.29 is 9.53 Å². The van der Waals surface area contributed by atoms with Crippen LogP contribution in [0.15, 0.2) is 30.5 Å². The second-order valence-electron chi connectivity index (χ2n) is 5.99. The summed E-state index contributed by atoms with van der Waals surface area (Å²) in [6.07, 6.45) is 3.43. The van der Waals surface area contributed by atoms with E-state index in [4.69, 9.17) is 4.74 Å². The predicted molar refractivity (Wildman–Crippen MR) is 79.1 cm³/mol. The van der Waals surface area contributed by atoms with Crippen molar-refractivity contribution in [3.05, 3.63) is 41.7 Å². The lowest BCUT2D eigenvalue weighted by Gasteiger charge is -2.26. The van der Waals surface area contributed by atoms with E-state index in [0.29, 0.717) is 6.54 Å². The molecule has 3 rings (SSSR count). The Morgan fingerprint density at radius 3 is 2.80 bits per heavy atom. The van der Waals surface area contributed by atoms with Crippen LogP contribution in [0.25, 0.3) is 17.0 Å².